The summed E-state index contributed by atoms with van der Waals surface area (Å²) in [6, 6.07) is 16.2. The first-order valence-electron chi connectivity index (χ1n) is 11.4. The minimum Gasteiger partial charge on any atom is -0.481 e. The number of anilines is 1. The number of fused-ring (bicyclic) bond motifs is 3. The number of carboxylic acids is 1. The van der Waals surface area contributed by atoms with Gasteiger partial charge in [-0.1, -0.05) is 66.8 Å². The molecule has 1 saturated heterocycles. The van der Waals surface area contributed by atoms with Gasteiger partial charge in [0, 0.05) is 24.9 Å². The summed E-state index contributed by atoms with van der Waals surface area (Å²) in [7, 11) is 0. The van der Waals surface area contributed by atoms with E-state index in [0.717, 1.165) is 33.6 Å². The van der Waals surface area contributed by atoms with Gasteiger partial charge < -0.3 is 14.7 Å². The molecule has 1 aromatic heterocycles. The third-order valence-corrected chi connectivity index (χ3v) is 7.90. The molecule has 2 aliphatic rings. The molecule has 3 aromatic rings. The maximum absolute atomic E-state index is 12.8. The van der Waals surface area contributed by atoms with Gasteiger partial charge >= 0.3 is 12.1 Å². The second-order valence-corrected chi connectivity index (χ2v) is 9.98. The Balaban J connectivity index is 1.20. The number of nitrogens with one attached hydrogen (secondary N) is 1. The smallest absolute Gasteiger partial charge is 0.413 e. The molecule has 35 heavy (non-hydrogen) atoms. The molecule has 2 aromatic carbocycles. The van der Waals surface area contributed by atoms with Crippen LogP contribution >= 0.6 is 11.3 Å². The van der Waals surface area contributed by atoms with E-state index in [9.17, 15) is 14.4 Å². The van der Waals surface area contributed by atoms with E-state index in [-0.39, 0.29) is 24.3 Å². The summed E-state index contributed by atoms with van der Waals surface area (Å²) < 4.78 is 5.56. The van der Waals surface area contributed by atoms with Crippen molar-refractivity contribution in [2.24, 2.45) is 11.8 Å². The van der Waals surface area contributed by atoms with Crippen LogP contribution in [0.15, 0.2) is 48.5 Å². The van der Waals surface area contributed by atoms with Gasteiger partial charge in [-0.05, 0) is 29.2 Å². The Morgan fingerprint density at radius 1 is 1.11 bits per heavy atom. The number of carboxylic acid groups (broad SMARTS) is 1. The molecule has 0 spiro atoms. The summed E-state index contributed by atoms with van der Waals surface area (Å²) in [5.74, 6) is -1.65. The number of thiazole rings is 1. The van der Waals surface area contributed by atoms with Gasteiger partial charge in [0.2, 0.25) is 0 Å². The molecule has 0 radical (unpaired) electrons. The van der Waals surface area contributed by atoms with Crippen LogP contribution in [0.25, 0.3) is 11.1 Å². The first kappa shape index (κ1) is 23.0. The standard InChI is InChI=1S/C26H25N3O5S/c1-14(24(31)32)16-11-29(12-16)23(30)22-15(2)27-25(35-22)28-26(33)34-13-21-19-9-5-3-7-17(19)18-8-4-6-10-20(18)21/h3-10,14,16,21H,11-13H2,1-2H3,(H,31,32)(H,27,28,33). The molecule has 180 valence electrons. The second-order valence-electron chi connectivity index (χ2n) is 8.98. The van der Waals surface area contributed by atoms with E-state index in [4.69, 9.17) is 9.84 Å². The van der Waals surface area contributed by atoms with Crippen LogP contribution in [0.3, 0.4) is 0 Å². The molecule has 2 N–H and O–H groups in total. The Morgan fingerprint density at radius 2 is 1.71 bits per heavy atom. The lowest BCUT2D eigenvalue weighted by atomic mass is 9.87. The van der Waals surface area contributed by atoms with Crippen molar-refractivity contribution in [2.75, 3.05) is 25.0 Å². The number of likely N-dealkylation sites (tertiary alicyclic amines) is 1. The zero-order valence-corrected chi connectivity index (χ0v) is 20.2. The van der Waals surface area contributed by atoms with Crippen molar-refractivity contribution < 1.29 is 24.2 Å². The quantitative estimate of drug-likeness (QED) is 0.521. The summed E-state index contributed by atoms with van der Waals surface area (Å²) in [6.45, 7) is 4.36. The number of carbonyl (C=O) groups is 3. The average Bonchev–Trinajstić information content (AvgIpc) is 3.33. The van der Waals surface area contributed by atoms with Crippen LogP contribution < -0.4 is 5.32 Å². The van der Waals surface area contributed by atoms with Crippen molar-refractivity contribution in [1.29, 1.82) is 0 Å². The molecule has 5 rings (SSSR count). The van der Waals surface area contributed by atoms with E-state index < -0.39 is 18.0 Å². The summed E-state index contributed by atoms with van der Waals surface area (Å²) in [5, 5.41) is 12.1. The third kappa shape index (κ3) is 4.27. The highest BCUT2D eigenvalue weighted by Crippen LogP contribution is 2.44. The Morgan fingerprint density at radius 3 is 2.31 bits per heavy atom. The first-order valence-corrected chi connectivity index (χ1v) is 12.3. The lowest BCUT2D eigenvalue weighted by Crippen LogP contribution is -2.53. The van der Waals surface area contributed by atoms with E-state index >= 15 is 0 Å². The van der Waals surface area contributed by atoms with Gasteiger partial charge in [-0.15, -0.1) is 0 Å². The number of aryl methyl sites for hydroxylation is 1. The minimum atomic E-state index is -0.856. The van der Waals surface area contributed by atoms with E-state index in [2.05, 4.69) is 34.6 Å². The maximum atomic E-state index is 12.8. The van der Waals surface area contributed by atoms with Crippen LogP contribution in [-0.4, -0.2) is 52.7 Å². The van der Waals surface area contributed by atoms with Crippen LogP contribution in [0, 0.1) is 18.8 Å². The fourth-order valence-electron chi connectivity index (χ4n) is 4.71. The van der Waals surface area contributed by atoms with Crippen molar-refractivity contribution in [3.8, 4) is 11.1 Å². The van der Waals surface area contributed by atoms with E-state index in [0.29, 0.717) is 28.8 Å². The van der Waals surface area contributed by atoms with E-state index in [1.165, 1.54) is 0 Å². The molecule has 0 bridgehead atoms. The number of carbonyl (C=O) groups excluding carboxylic acids is 2. The number of hydrogen-bond donors (Lipinski definition) is 2. The monoisotopic (exact) mass is 491 g/mol. The van der Waals surface area contributed by atoms with Crippen LogP contribution in [-0.2, 0) is 9.53 Å². The molecule has 0 saturated carbocycles. The van der Waals surface area contributed by atoms with Gasteiger partial charge in [-0.2, -0.15) is 0 Å². The SMILES string of the molecule is Cc1nc(NC(=O)OCC2c3ccccc3-c3ccccc32)sc1C(=O)N1CC(C(C)C(=O)O)C1. The van der Waals surface area contributed by atoms with E-state index in [1.54, 1.807) is 18.7 Å². The van der Waals surface area contributed by atoms with Crippen molar-refractivity contribution >= 4 is 34.4 Å². The summed E-state index contributed by atoms with van der Waals surface area (Å²) >= 11 is 1.09. The molecule has 1 atom stereocenters. The van der Waals surface area contributed by atoms with Crippen LogP contribution in [0.5, 0.6) is 0 Å². The van der Waals surface area contributed by atoms with Crippen LogP contribution in [0.2, 0.25) is 0 Å². The highest BCUT2D eigenvalue weighted by atomic mass is 32.1. The fraction of sp³-hybridized carbons (Fsp3) is 0.308. The predicted octanol–water partition coefficient (Wildman–Crippen LogP) is 4.61. The molecule has 1 aliphatic heterocycles. The Hall–Kier alpha value is -3.72. The highest BCUT2D eigenvalue weighted by Gasteiger charge is 2.38. The Kier molecular flexibility index (Phi) is 6.02. The average molecular weight is 492 g/mol. The predicted molar refractivity (Wildman–Crippen MR) is 132 cm³/mol. The molecule has 2 amide bonds. The molecular formula is C26H25N3O5S. The number of benzene rings is 2. The molecule has 1 unspecified atom stereocenters. The topological polar surface area (TPSA) is 109 Å². The van der Waals surface area contributed by atoms with Crippen molar-refractivity contribution in [2.45, 2.75) is 19.8 Å². The molecule has 2 heterocycles. The van der Waals surface area contributed by atoms with Crippen molar-refractivity contribution in [3.63, 3.8) is 0 Å². The second kappa shape index (κ2) is 9.14. The van der Waals surface area contributed by atoms with Crippen LogP contribution in [0.4, 0.5) is 9.93 Å². The van der Waals surface area contributed by atoms with Gasteiger partial charge in [0.05, 0.1) is 11.6 Å². The molecular weight excluding hydrogens is 466 g/mol. The summed E-state index contributed by atoms with van der Waals surface area (Å²) in [5.41, 5.74) is 5.08. The van der Waals surface area contributed by atoms with Crippen molar-refractivity contribution in [3.05, 3.63) is 70.2 Å². The van der Waals surface area contributed by atoms with E-state index in [1.807, 2.05) is 24.3 Å². The lowest BCUT2D eigenvalue weighted by Gasteiger charge is -2.41. The molecule has 9 heteroatoms. The number of nitrogens with zero attached hydrogens (tertiary/aromatic N) is 2. The summed E-state index contributed by atoms with van der Waals surface area (Å²) in [4.78, 5) is 42.9. The van der Waals surface area contributed by atoms with Gasteiger partial charge in [0.1, 0.15) is 11.5 Å². The zero-order chi connectivity index (χ0) is 24.7. The normalized spacial score (nSPS) is 15.7. The number of hydrogen-bond acceptors (Lipinski definition) is 6. The Labute approximate surface area is 206 Å². The number of rotatable bonds is 6. The largest absolute Gasteiger partial charge is 0.481 e. The van der Waals surface area contributed by atoms with Crippen molar-refractivity contribution in [1.82, 2.24) is 9.88 Å². The number of amides is 2. The number of ether oxygens (including phenoxy) is 1. The van der Waals surface area contributed by atoms with Gasteiger partial charge in [0.25, 0.3) is 5.91 Å². The van der Waals surface area contributed by atoms with Gasteiger partial charge in [-0.3, -0.25) is 14.9 Å². The highest BCUT2D eigenvalue weighted by molar-refractivity contribution is 7.17. The minimum absolute atomic E-state index is 0.0455. The Bertz CT molecular complexity index is 1270. The molecule has 8 nitrogen and oxygen atoms in total. The molecule has 1 fully saturated rings. The maximum Gasteiger partial charge on any atom is 0.413 e. The van der Waals surface area contributed by atoms with Gasteiger partial charge in [-0.25, -0.2) is 9.78 Å². The zero-order valence-electron chi connectivity index (χ0n) is 19.4. The lowest BCUT2D eigenvalue weighted by molar-refractivity contribution is -0.144. The summed E-state index contributed by atoms with van der Waals surface area (Å²) in [6.07, 6.45) is -0.626. The first-order chi connectivity index (χ1) is 16.8. The third-order valence-electron chi connectivity index (χ3n) is 6.84. The van der Waals surface area contributed by atoms with Gasteiger partial charge in [0.15, 0.2) is 5.13 Å². The number of aromatic nitrogens is 1. The molecule has 1 aliphatic carbocycles. The number of aliphatic carboxylic acids is 1. The van der Waals surface area contributed by atoms with Crippen LogP contribution in [0.1, 0.15) is 39.3 Å². The fourth-order valence-corrected chi connectivity index (χ4v) is 5.63.